The average Bonchev–Trinajstić information content (AvgIpc) is 2.83. The van der Waals surface area contributed by atoms with Crippen molar-refractivity contribution in [2.24, 2.45) is 0 Å². The molecule has 1 aliphatic rings. The Balaban J connectivity index is 2.06. The van der Waals surface area contributed by atoms with E-state index < -0.39 is 0 Å². The van der Waals surface area contributed by atoms with Crippen LogP contribution in [0, 0.1) is 0 Å². The molecule has 0 unspecified atom stereocenters. The molecule has 0 fully saturated rings. The Morgan fingerprint density at radius 1 is 1.27 bits per heavy atom. The van der Waals surface area contributed by atoms with Gasteiger partial charge in [-0.05, 0) is 25.0 Å². The van der Waals surface area contributed by atoms with Crippen LogP contribution >= 0.6 is 0 Å². The van der Waals surface area contributed by atoms with Gasteiger partial charge in [0, 0.05) is 13.0 Å². The van der Waals surface area contributed by atoms with Crippen LogP contribution < -0.4 is 0 Å². The van der Waals surface area contributed by atoms with Crippen LogP contribution in [0.5, 0.6) is 0 Å². The zero-order chi connectivity index (χ0) is 10.1. The number of imidazole rings is 1. The molecule has 0 aliphatic carbocycles. The van der Waals surface area contributed by atoms with E-state index in [-0.39, 0.29) is 0 Å². The van der Waals surface area contributed by atoms with Gasteiger partial charge in [0.25, 0.3) is 0 Å². The predicted molar refractivity (Wildman–Crippen MR) is 57.5 cm³/mol. The van der Waals surface area contributed by atoms with Gasteiger partial charge in [0.2, 0.25) is 0 Å². The predicted octanol–water partition coefficient (Wildman–Crippen LogP) is 2.87. The molecule has 15 heavy (non-hydrogen) atoms. The topological polar surface area (TPSA) is 31.0 Å². The molecule has 0 N–H and O–H groups in total. The van der Waals surface area contributed by atoms with Crippen molar-refractivity contribution in [3.8, 4) is 11.5 Å². The quantitative estimate of drug-likeness (QED) is 0.712. The maximum atomic E-state index is 5.42. The summed E-state index contributed by atoms with van der Waals surface area (Å²) in [6, 6.07) is 3.92. The molecule has 3 rings (SSSR count). The summed E-state index contributed by atoms with van der Waals surface area (Å²) >= 11 is 0. The second-order valence-electron chi connectivity index (χ2n) is 4.00. The molecule has 3 nitrogen and oxygen atoms in total. The standard InChI is InChI=1S/C12H14N2O/c1-2-6-12-13-9-10(14(12)7-3-1)11-5-4-8-15-11/h4-5,8-9H,1-3,6-7H2. The van der Waals surface area contributed by atoms with Gasteiger partial charge in [-0.1, -0.05) is 6.42 Å². The lowest BCUT2D eigenvalue weighted by Gasteiger charge is -2.06. The first kappa shape index (κ1) is 8.77. The van der Waals surface area contributed by atoms with Crippen LogP contribution in [0.25, 0.3) is 11.5 Å². The molecule has 0 saturated heterocycles. The minimum atomic E-state index is 0.927. The number of hydrogen-bond acceptors (Lipinski definition) is 2. The van der Waals surface area contributed by atoms with E-state index in [2.05, 4.69) is 9.55 Å². The van der Waals surface area contributed by atoms with E-state index in [9.17, 15) is 0 Å². The molecule has 2 aromatic rings. The van der Waals surface area contributed by atoms with Gasteiger partial charge in [-0.3, -0.25) is 0 Å². The van der Waals surface area contributed by atoms with Crippen molar-refractivity contribution >= 4 is 0 Å². The van der Waals surface area contributed by atoms with Crippen LogP contribution in [0.4, 0.5) is 0 Å². The fraction of sp³-hybridized carbons (Fsp3) is 0.417. The van der Waals surface area contributed by atoms with Gasteiger partial charge in [-0.25, -0.2) is 4.98 Å². The van der Waals surface area contributed by atoms with E-state index in [1.165, 1.54) is 25.1 Å². The van der Waals surface area contributed by atoms with Crippen molar-refractivity contribution in [3.63, 3.8) is 0 Å². The number of rotatable bonds is 1. The van der Waals surface area contributed by atoms with E-state index in [1.807, 2.05) is 18.3 Å². The first-order valence-corrected chi connectivity index (χ1v) is 5.53. The number of aromatic nitrogens is 2. The minimum absolute atomic E-state index is 0.927. The summed E-state index contributed by atoms with van der Waals surface area (Å²) in [4.78, 5) is 4.48. The van der Waals surface area contributed by atoms with E-state index in [1.54, 1.807) is 6.26 Å². The summed E-state index contributed by atoms with van der Waals surface area (Å²) in [5, 5.41) is 0. The number of aryl methyl sites for hydroxylation is 1. The van der Waals surface area contributed by atoms with E-state index in [0.29, 0.717) is 0 Å². The molecular formula is C12H14N2O. The first-order valence-electron chi connectivity index (χ1n) is 5.53. The summed E-state index contributed by atoms with van der Waals surface area (Å²) in [6.07, 6.45) is 8.55. The maximum absolute atomic E-state index is 5.42. The fourth-order valence-electron chi connectivity index (χ4n) is 2.21. The SMILES string of the molecule is c1coc(-c2cnc3n2CCCCC3)c1. The molecule has 0 saturated carbocycles. The minimum Gasteiger partial charge on any atom is -0.463 e. The molecule has 0 bridgehead atoms. The summed E-state index contributed by atoms with van der Waals surface area (Å²) in [5.74, 6) is 2.13. The van der Waals surface area contributed by atoms with Gasteiger partial charge < -0.3 is 8.98 Å². The highest BCUT2D eigenvalue weighted by Crippen LogP contribution is 2.24. The lowest BCUT2D eigenvalue weighted by atomic mass is 10.2. The number of fused-ring (bicyclic) bond motifs is 1. The highest BCUT2D eigenvalue weighted by atomic mass is 16.3. The Morgan fingerprint density at radius 3 is 3.13 bits per heavy atom. The number of furan rings is 1. The van der Waals surface area contributed by atoms with Crippen LogP contribution in [-0.4, -0.2) is 9.55 Å². The summed E-state index contributed by atoms with van der Waals surface area (Å²) < 4.78 is 7.72. The maximum Gasteiger partial charge on any atom is 0.151 e. The molecule has 0 radical (unpaired) electrons. The van der Waals surface area contributed by atoms with Gasteiger partial charge in [0.15, 0.2) is 5.76 Å². The zero-order valence-electron chi connectivity index (χ0n) is 8.65. The normalized spacial score (nSPS) is 16.0. The van der Waals surface area contributed by atoms with Gasteiger partial charge in [0.05, 0.1) is 12.5 Å². The second kappa shape index (κ2) is 3.57. The molecule has 0 aromatic carbocycles. The van der Waals surface area contributed by atoms with Crippen molar-refractivity contribution in [1.29, 1.82) is 0 Å². The fourth-order valence-corrected chi connectivity index (χ4v) is 2.21. The van der Waals surface area contributed by atoms with Crippen molar-refractivity contribution in [1.82, 2.24) is 9.55 Å². The van der Waals surface area contributed by atoms with Gasteiger partial charge in [-0.15, -0.1) is 0 Å². The summed E-state index contributed by atoms with van der Waals surface area (Å²) in [7, 11) is 0. The van der Waals surface area contributed by atoms with Crippen molar-refractivity contribution in [2.45, 2.75) is 32.2 Å². The Labute approximate surface area is 88.7 Å². The number of nitrogens with zero attached hydrogens (tertiary/aromatic N) is 2. The lowest BCUT2D eigenvalue weighted by molar-refractivity contribution is 0.566. The molecule has 0 spiro atoms. The summed E-state index contributed by atoms with van der Waals surface area (Å²) in [6.45, 7) is 1.07. The summed E-state index contributed by atoms with van der Waals surface area (Å²) in [5.41, 5.74) is 1.12. The molecule has 3 heteroatoms. The smallest absolute Gasteiger partial charge is 0.151 e. The molecule has 3 heterocycles. The third-order valence-corrected chi connectivity index (χ3v) is 2.99. The average molecular weight is 202 g/mol. The molecule has 1 aliphatic heterocycles. The molecule has 2 aromatic heterocycles. The van der Waals surface area contributed by atoms with Crippen molar-refractivity contribution in [3.05, 3.63) is 30.4 Å². The highest BCUT2D eigenvalue weighted by Gasteiger charge is 2.15. The highest BCUT2D eigenvalue weighted by molar-refractivity contribution is 5.52. The lowest BCUT2D eigenvalue weighted by Crippen LogP contribution is -2.02. The Hall–Kier alpha value is -1.51. The largest absolute Gasteiger partial charge is 0.463 e. The Kier molecular flexibility index (Phi) is 2.09. The van der Waals surface area contributed by atoms with E-state index in [0.717, 1.165) is 24.4 Å². The third kappa shape index (κ3) is 1.48. The zero-order valence-corrected chi connectivity index (χ0v) is 8.65. The van der Waals surface area contributed by atoms with Crippen LogP contribution in [0.3, 0.4) is 0 Å². The van der Waals surface area contributed by atoms with Crippen LogP contribution in [0.15, 0.2) is 29.0 Å². The van der Waals surface area contributed by atoms with Gasteiger partial charge >= 0.3 is 0 Å². The van der Waals surface area contributed by atoms with Gasteiger partial charge in [-0.2, -0.15) is 0 Å². The third-order valence-electron chi connectivity index (χ3n) is 2.99. The molecule has 78 valence electrons. The molecular weight excluding hydrogens is 188 g/mol. The van der Waals surface area contributed by atoms with E-state index in [4.69, 9.17) is 4.42 Å². The van der Waals surface area contributed by atoms with Crippen molar-refractivity contribution < 1.29 is 4.42 Å². The van der Waals surface area contributed by atoms with Crippen LogP contribution in [0.1, 0.15) is 25.1 Å². The molecule has 0 amide bonds. The second-order valence-corrected chi connectivity index (χ2v) is 4.00. The first-order chi connectivity index (χ1) is 7.45. The van der Waals surface area contributed by atoms with Crippen LogP contribution in [0.2, 0.25) is 0 Å². The monoisotopic (exact) mass is 202 g/mol. The van der Waals surface area contributed by atoms with Gasteiger partial charge in [0.1, 0.15) is 11.5 Å². The number of hydrogen-bond donors (Lipinski definition) is 0. The molecule has 0 atom stereocenters. The Bertz CT molecular complexity index is 442. The Morgan fingerprint density at radius 2 is 2.27 bits per heavy atom. The van der Waals surface area contributed by atoms with E-state index >= 15 is 0 Å². The van der Waals surface area contributed by atoms with Crippen molar-refractivity contribution in [2.75, 3.05) is 0 Å². The van der Waals surface area contributed by atoms with Crippen LogP contribution in [-0.2, 0) is 13.0 Å².